The van der Waals surface area contributed by atoms with Crippen LogP contribution >= 0.6 is 23.2 Å². The Morgan fingerprint density at radius 1 is 1.41 bits per heavy atom. The SMILES string of the molecule is CCOC(=O)C(C)N=Nc1ccc(Cl)c(Cl)c1. The van der Waals surface area contributed by atoms with Gasteiger partial charge in [-0.3, -0.25) is 0 Å². The number of ether oxygens (including phenoxy) is 1. The highest BCUT2D eigenvalue weighted by molar-refractivity contribution is 6.42. The summed E-state index contributed by atoms with van der Waals surface area (Å²) in [7, 11) is 0. The van der Waals surface area contributed by atoms with E-state index in [9.17, 15) is 4.79 Å². The first-order valence-corrected chi connectivity index (χ1v) is 5.82. The Labute approximate surface area is 110 Å². The van der Waals surface area contributed by atoms with Gasteiger partial charge in [-0.1, -0.05) is 23.2 Å². The van der Waals surface area contributed by atoms with Gasteiger partial charge in [-0.2, -0.15) is 10.2 Å². The molecule has 0 aliphatic heterocycles. The van der Waals surface area contributed by atoms with Gasteiger partial charge >= 0.3 is 5.97 Å². The second-order valence-electron chi connectivity index (χ2n) is 3.24. The molecule has 0 saturated heterocycles. The molecule has 0 radical (unpaired) electrons. The summed E-state index contributed by atoms with van der Waals surface area (Å²) in [6.07, 6.45) is 0. The summed E-state index contributed by atoms with van der Waals surface area (Å²) >= 11 is 11.6. The van der Waals surface area contributed by atoms with Crippen molar-refractivity contribution < 1.29 is 9.53 Å². The molecule has 0 aromatic heterocycles. The van der Waals surface area contributed by atoms with E-state index < -0.39 is 12.0 Å². The first kappa shape index (κ1) is 13.9. The van der Waals surface area contributed by atoms with Crippen LogP contribution in [0, 0.1) is 0 Å². The molecule has 0 N–H and O–H groups in total. The van der Waals surface area contributed by atoms with Crippen LogP contribution in [0.3, 0.4) is 0 Å². The number of azo groups is 1. The Kier molecular flexibility index (Phi) is 5.38. The predicted molar refractivity (Wildman–Crippen MR) is 67.1 cm³/mol. The Morgan fingerprint density at radius 2 is 2.12 bits per heavy atom. The van der Waals surface area contributed by atoms with Crippen molar-refractivity contribution in [2.24, 2.45) is 10.2 Å². The van der Waals surface area contributed by atoms with Crippen molar-refractivity contribution in [2.75, 3.05) is 6.61 Å². The summed E-state index contributed by atoms with van der Waals surface area (Å²) in [5.74, 6) is -0.406. The van der Waals surface area contributed by atoms with Crippen molar-refractivity contribution in [1.82, 2.24) is 0 Å². The average Bonchev–Trinajstić information content (AvgIpc) is 2.30. The van der Waals surface area contributed by atoms with E-state index in [1.807, 2.05) is 0 Å². The second kappa shape index (κ2) is 6.57. The highest BCUT2D eigenvalue weighted by Crippen LogP contribution is 2.26. The van der Waals surface area contributed by atoms with E-state index in [0.717, 1.165) is 0 Å². The van der Waals surface area contributed by atoms with E-state index in [1.165, 1.54) is 0 Å². The largest absolute Gasteiger partial charge is 0.464 e. The van der Waals surface area contributed by atoms with Crippen LogP contribution < -0.4 is 0 Å². The third kappa shape index (κ3) is 4.32. The highest BCUT2D eigenvalue weighted by Gasteiger charge is 2.12. The van der Waals surface area contributed by atoms with Crippen molar-refractivity contribution in [2.45, 2.75) is 19.9 Å². The standard InChI is InChI=1S/C11H12Cl2N2O2/c1-3-17-11(16)7(2)14-15-8-4-5-9(12)10(13)6-8/h4-7H,3H2,1-2H3. The lowest BCUT2D eigenvalue weighted by atomic mass is 10.3. The van der Waals surface area contributed by atoms with Gasteiger partial charge in [0.05, 0.1) is 22.3 Å². The molecule has 1 aromatic carbocycles. The topological polar surface area (TPSA) is 51.0 Å². The monoisotopic (exact) mass is 274 g/mol. The number of benzene rings is 1. The van der Waals surface area contributed by atoms with Gasteiger partial charge in [-0.25, -0.2) is 4.79 Å². The van der Waals surface area contributed by atoms with Crippen LogP contribution in [0.5, 0.6) is 0 Å². The first-order valence-electron chi connectivity index (χ1n) is 5.07. The zero-order chi connectivity index (χ0) is 12.8. The van der Waals surface area contributed by atoms with Gasteiger partial charge in [0.2, 0.25) is 0 Å². The fourth-order valence-electron chi connectivity index (χ4n) is 1.01. The Balaban J connectivity index is 2.70. The maximum Gasteiger partial charge on any atom is 0.332 e. The minimum absolute atomic E-state index is 0.325. The van der Waals surface area contributed by atoms with Crippen molar-refractivity contribution in [3.05, 3.63) is 28.2 Å². The van der Waals surface area contributed by atoms with Crippen molar-refractivity contribution >= 4 is 34.9 Å². The molecule has 92 valence electrons. The highest BCUT2D eigenvalue weighted by atomic mass is 35.5. The van der Waals surface area contributed by atoms with Crippen LogP contribution in [0.25, 0.3) is 0 Å². The molecule has 0 aliphatic rings. The lowest BCUT2D eigenvalue weighted by Gasteiger charge is -2.04. The summed E-state index contributed by atoms with van der Waals surface area (Å²) in [4.78, 5) is 11.3. The van der Waals surface area contributed by atoms with E-state index in [-0.39, 0.29) is 0 Å². The van der Waals surface area contributed by atoms with E-state index in [2.05, 4.69) is 10.2 Å². The molecule has 0 saturated carbocycles. The Morgan fingerprint density at radius 3 is 2.71 bits per heavy atom. The number of halogens is 2. The molecule has 0 aliphatic carbocycles. The van der Waals surface area contributed by atoms with E-state index in [1.54, 1.807) is 32.0 Å². The van der Waals surface area contributed by atoms with Gasteiger partial charge in [0, 0.05) is 0 Å². The smallest absolute Gasteiger partial charge is 0.332 e. The maximum absolute atomic E-state index is 11.3. The summed E-state index contributed by atoms with van der Waals surface area (Å²) < 4.78 is 4.80. The fraction of sp³-hybridized carbons (Fsp3) is 0.364. The Bertz CT molecular complexity index is 435. The van der Waals surface area contributed by atoms with E-state index in [0.29, 0.717) is 22.3 Å². The molecule has 1 aromatic rings. The van der Waals surface area contributed by atoms with Crippen molar-refractivity contribution in [3.8, 4) is 0 Å². The molecule has 6 heteroatoms. The van der Waals surface area contributed by atoms with Crippen LogP contribution in [0.2, 0.25) is 10.0 Å². The zero-order valence-corrected chi connectivity index (χ0v) is 11.0. The van der Waals surface area contributed by atoms with Crippen molar-refractivity contribution in [1.29, 1.82) is 0 Å². The number of carbonyl (C=O) groups is 1. The summed E-state index contributed by atoms with van der Waals surface area (Å²) in [6, 6.07) is 4.22. The third-order valence-electron chi connectivity index (χ3n) is 1.88. The molecule has 17 heavy (non-hydrogen) atoms. The van der Waals surface area contributed by atoms with Crippen LogP contribution in [-0.4, -0.2) is 18.6 Å². The molecule has 0 spiro atoms. The number of hydrogen-bond donors (Lipinski definition) is 0. The normalized spacial score (nSPS) is 12.7. The minimum atomic E-state index is -0.635. The van der Waals surface area contributed by atoms with Gasteiger partial charge in [-0.15, -0.1) is 0 Å². The third-order valence-corrected chi connectivity index (χ3v) is 2.62. The quantitative estimate of drug-likeness (QED) is 0.615. The number of nitrogens with zero attached hydrogens (tertiary/aromatic N) is 2. The molecular weight excluding hydrogens is 263 g/mol. The molecule has 0 heterocycles. The summed E-state index contributed by atoms with van der Waals surface area (Å²) in [5.41, 5.74) is 0.538. The van der Waals surface area contributed by atoms with Gasteiger partial charge in [0.15, 0.2) is 6.04 Å². The second-order valence-corrected chi connectivity index (χ2v) is 4.06. The Hall–Kier alpha value is -1.13. The molecule has 1 unspecified atom stereocenters. The molecule has 4 nitrogen and oxygen atoms in total. The lowest BCUT2D eigenvalue weighted by molar-refractivity contribution is -0.144. The minimum Gasteiger partial charge on any atom is -0.464 e. The van der Waals surface area contributed by atoms with Crippen LogP contribution in [0.1, 0.15) is 13.8 Å². The number of hydrogen-bond acceptors (Lipinski definition) is 4. The average molecular weight is 275 g/mol. The lowest BCUT2D eigenvalue weighted by Crippen LogP contribution is -2.17. The summed E-state index contributed by atoms with van der Waals surface area (Å²) in [6.45, 7) is 3.67. The first-order chi connectivity index (χ1) is 8.04. The number of carbonyl (C=O) groups excluding carboxylic acids is 1. The van der Waals surface area contributed by atoms with E-state index >= 15 is 0 Å². The van der Waals surface area contributed by atoms with Crippen molar-refractivity contribution in [3.63, 3.8) is 0 Å². The summed E-state index contributed by atoms with van der Waals surface area (Å²) in [5, 5.41) is 8.57. The van der Waals surface area contributed by atoms with Gasteiger partial charge in [-0.05, 0) is 32.0 Å². The maximum atomic E-state index is 11.3. The van der Waals surface area contributed by atoms with Crippen LogP contribution in [0.4, 0.5) is 5.69 Å². The zero-order valence-electron chi connectivity index (χ0n) is 9.48. The molecule has 0 bridgehead atoms. The molecule has 0 fully saturated rings. The molecule has 1 atom stereocenters. The predicted octanol–water partition coefficient (Wildman–Crippen LogP) is 4.03. The van der Waals surface area contributed by atoms with Gasteiger partial charge < -0.3 is 4.74 Å². The molecule has 1 rings (SSSR count). The van der Waals surface area contributed by atoms with E-state index in [4.69, 9.17) is 27.9 Å². The van der Waals surface area contributed by atoms with Crippen LogP contribution in [-0.2, 0) is 9.53 Å². The fourth-order valence-corrected chi connectivity index (χ4v) is 1.30. The van der Waals surface area contributed by atoms with Crippen LogP contribution in [0.15, 0.2) is 28.4 Å². The van der Waals surface area contributed by atoms with Gasteiger partial charge in [0.1, 0.15) is 0 Å². The number of rotatable bonds is 4. The number of esters is 1. The van der Waals surface area contributed by atoms with Gasteiger partial charge in [0.25, 0.3) is 0 Å². The molecular formula is C11H12Cl2N2O2. The molecule has 0 amide bonds.